The Bertz CT molecular complexity index is 2120. The van der Waals surface area contributed by atoms with Gasteiger partial charge < -0.3 is 29.2 Å². The Morgan fingerprint density at radius 2 is 1.96 bits per heavy atom. The van der Waals surface area contributed by atoms with Crippen LogP contribution in [-0.4, -0.2) is 73.8 Å². The number of hydrogen-bond acceptors (Lipinski definition) is 8. The minimum Gasteiger partial charge on any atom is -0.494 e. The Morgan fingerprint density at radius 1 is 1.09 bits per heavy atom. The highest BCUT2D eigenvalue weighted by molar-refractivity contribution is 6.00. The summed E-state index contributed by atoms with van der Waals surface area (Å²) in [6.07, 6.45) is 5.03. The topological polar surface area (TPSA) is 142 Å². The zero-order valence-electron chi connectivity index (χ0n) is 28.6. The number of hydrogen-bond donors (Lipinski definition) is 2. The number of rotatable bonds is 7. The van der Waals surface area contributed by atoms with Crippen molar-refractivity contribution in [2.45, 2.75) is 44.3 Å². The van der Waals surface area contributed by atoms with Crippen molar-refractivity contribution in [1.82, 2.24) is 29.0 Å². The van der Waals surface area contributed by atoms with E-state index < -0.39 is 13.1 Å². The number of carbonyl (C=O) groups is 2. The number of pyridine rings is 2. The molecule has 0 spiro atoms. The van der Waals surface area contributed by atoms with Crippen molar-refractivity contribution in [2.75, 3.05) is 26.1 Å². The van der Waals surface area contributed by atoms with Crippen molar-refractivity contribution in [3.05, 3.63) is 54.2 Å². The second-order valence-electron chi connectivity index (χ2n) is 12.5. The van der Waals surface area contributed by atoms with Crippen LogP contribution < -0.4 is 15.8 Å². The van der Waals surface area contributed by atoms with Crippen molar-refractivity contribution < 1.29 is 23.2 Å². The lowest BCUT2D eigenvalue weighted by molar-refractivity contribution is 0.0700. The van der Waals surface area contributed by atoms with Gasteiger partial charge in [0, 0.05) is 59.0 Å². The molecule has 5 heterocycles. The van der Waals surface area contributed by atoms with E-state index in [0.717, 1.165) is 36.6 Å². The molecule has 1 aliphatic heterocycles. The van der Waals surface area contributed by atoms with Crippen molar-refractivity contribution in [2.24, 2.45) is 24.5 Å². The molecule has 2 aliphatic carbocycles. The third-order valence-corrected chi connectivity index (χ3v) is 9.68. The summed E-state index contributed by atoms with van der Waals surface area (Å²) in [5, 5.41) is 3.36. The third kappa shape index (κ3) is 4.66. The first-order chi connectivity index (χ1) is 23.5. The number of piperidine rings is 1. The van der Waals surface area contributed by atoms with Crippen LogP contribution in [0.25, 0.3) is 44.8 Å². The number of nitrogens with zero attached hydrogens (tertiary/aromatic N) is 6. The Morgan fingerprint density at radius 3 is 2.63 bits per heavy atom. The summed E-state index contributed by atoms with van der Waals surface area (Å²) >= 11 is 0. The molecule has 3 aliphatic rings. The molecular formula is C34H36N8O4. The molecule has 3 N–H and O–H groups in total. The molecule has 1 saturated heterocycles. The number of likely N-dealkylation sites (tertiary alicyclic amines) is 1. The zero-order valence-corrected chi connectivity index (χ0v) is 25.6. The summed E-state index contributed by atoms with van der Waals surface area (Å²) < 4.78 is 39.5. The molecule has 1 aromatic carbocycles. The fourth-order valence-corrected chi connectivity index (χ4v) is 7.06. The zero-order chi connectivity index (χ0) is 34.2. The first-order valence-corrected chi connectivity index (χ1v) is 15.5. The van der Waals surface area contributed by atoms with Gasteiger partial charge >= 0.3 is 6.09 Å². The second-order valence-corrected chi connectivity index (χ2v) is 12.5. The highest BCUT2D eigenvalue weighted by atomic mass is 16.5. The molecule has 12 nitrogen and oxygen atoms in total. The van der Waals surface area contributed by atoms with E-state index in [2.05, 4.69) is 15.0 Å². The molecule has 3 atom stereocenters. The molecule has 5 aromatic rings. The first kappa shape index (κ1) is 25.2. The van der Waals surface area contributed by atoms with Crippen LogP contribution in [0.3, 0.4) is 0 Å². The molecule has 3 fully saturated rings. The number of aryl methyl sites for hydroxylation is 1. The van der Waals surface area contributed by atoms with Crippen molar-refractivity contribution in [3.63, 3.8) is 0 Å². The molecule has 0 radical (unpaired) electrons. The van der Waals surface area contributed by atoms with Crippen LogP contribution in [0, 0.1) is 11.8 Å². The van der Waals surface area contributed by atoms with Crippen LogP contribution in [0.4, 0.5) is 10.6 Å². The molecule has 4 aromatic heterocycles. The predicted molar refractivity (Wildman–Crippen MR) is 173 cm³/mol. The lowest BCUT2D eigenvalue weighted by Crippen LogP contribution is -2.41. The van der Waals surface area contributed by atoms with Crippen LogP contribution in [0.15, 0.2) is 48.7 Å². The van der Waals surface area contributed by atoms with E-state index in [1.54, 1.807) is 24.4 Å². The average Bonchev–Trinajstić information content (AvgIpc) is 3.41. The fraction of sp³-hybridized carbons (Fsp3) is 0.382. The molecular weight excluding hydrogens is 584 g/mol. The Kier molecular flexibility index (Phi) is 5.95. The van der Waals surface area contributed by atoms with Gasteiger partial charge in [-0.25, -0.2) is 19.7 Å². The molecule has 12 heteroatoms. The van der Waals surface area contributed by atoms with Gasteiger partial charge in [-0.05, 0) is 80.0 Å². The molecule has 46 heavy (non-hydrogen) atoms. The van der Waals surface area contributed by atoms with Gasteiger partial charge in [-0.1, -0.05) is 0 Å². The summed E-state index contributed by atoms with van der Waals surface area (Å²) in [6.45, 7) is -1.37. The van der Waals surface area contributed by atoms with Crippen molar-refractivity contribution >= 4 is 39.9 Å². The summed E-state index contributed by atoms with van der Waals surface area (Å²) in [6, 6.07) is 12.5. The van der Waals surface area contributed by atoms with Gasteiger partial charge in [-0.15, -0.1) is 0 Å². The van der Waals surface area contributed by atoms with Crippen molar-refractivity contribution in [1.29, 1.82) is 0 Å². The lowest BCUT2D eigenvalue weighted by Gasteiger charge is -2.27. The molecule has 8 rings (SSSR count). The SMILES string of the molecule is [2H]C([2H])([2H])n1c(-c2cc3ccc(-c4ccc(NC(=O)OC)nc4)nc3n2CC2CC2)nc2cc(C(=O)N3CC4CCC3[C@@H]4N)cc(OC)c21. The van der Waals surface area contributed by atoms with E-state index in [9.17, 15) is 9.59 Å². The Hall–Kier alpha value is -4.97. The van der Waals surface area contributed by atoms with Gasteiger partial charge in [0.25, 0.3) is 5.91 Å². The molecule has 2 amide bonds. The maximum absolute atomic E-state index is 13.8. The lowest BCUT2D eigenvalue weighted by atomic mass is 10.1. The number of aromatic nitrogens is 5. The number of methoxy groups -OCH3 is 2. The van der Waals surface area contributed by atoms with E-state index >= 15 is 0 Å². The van der Waals surface area contributed by atoms with Gasteiger partial charge in [0.15, 0.2) is 5.82 Å². The summed E-state index contributed by atoms with van der Waals surface area (Å²) in [7, 11) is 2.75. The van der Waals surface area contributed by atoms with E-state index in [1.165, 1.54) is 18.8 Å². The number of amides is 2. The van der Waals surface area contributed by atoms with Crippen LogP contribution in [0.5, 0.6) is 5.75 Å². The first-order valence-electron chi connectivity index (χ1n) is 17.0. The van der Waals surface area contributed by atoms with Gasteiger partial charge in [0.05, 0.1) is 31.1 Å². The number of carbonyl (C=O) groups excluding carboxylic acids is 2. The van der Waals surface area contributed by atoms with Gasteiger partial charge in [-0.3, -0.25) is 10.1 Å². The minimum absolute atomic E-state index is 0.00421. The predicted octanol–water partition coefficient (Wildman–Crippen LogP) is 4.81. The van der Waals surface area contributed by atoms with Crippen molar-refractivity contribution in [3.8, 4) is 28.5 Å². The number of imidazole rings is 1. The Labute approximate surface area is 269 Å². The average molecular weight is 624 g/mol. The van der Waals surface area contributed by atoms with E-state index in [1.807, 2.05) is 33.7 Å². The number of nitrogens with one attached hydrogen (secondary N) is 1. The van der Waals surface area contributed by atoms with E-state index in [0.29, 0.717) is 58.9 Å². The molecule has 2 unspecified atom stereocenters. The van der Waals surface area contributed by atoms with Gasteiger partial charge in [0.2, 0.25) is 0 Å². The highest BCUT2D eigenvalue weighted by Gasteiger charge is 2.47. The van der Waals surface area contributed by atoms with E-state index in [4.69, 9.17) is 24.6 Å². The van der Waals surface area contributed by atoms with Crippen LogP contribution in [0.1, 0.15) is 40.2 Å². The highest BCUT2D eigenvalue weighted by Crippen LogP contribution is 2.40. The summed E-state index contributed by atoms with van der Waals surface area (Å²) in [4.78, 5) is 41.5. The number of fused-ring (bicyclic) bond motifs is 4. The van der Waals surface area contributed by atoms with Gasteiger partial charge in [0.1, 0.15) is 22.7 Å². The van der Waals surface area contributed by atoms with Gasteiger partial charge in [-0.2, -0.15) is 0 Å². The number of anilines is 1. The molecule has 236 valence electrons. The monoisotopic (exact) mass is 623 g/mol. The normalized spacial score (nSPS) is 21.8. The summed E-state index contributed by atoms with van der Waals surface area (Å²) in [5.41, 5.74) is 10.1. The quantitative estimate of drug-likeness (QED) is 0.263. The second kappa shape index (κ2) is 10.8. The molecule has 2 bridgehead atoms. The smallest absolute Gasteiger partial charge is 0.412 e. The van der Waals surface area contributed by atoms with Crippen LogP contribution >= 0.6 is 0 Å². The Balaban J connectivity index is 1.25. The molecule has 2 saturated carbocycles. The number of ether oxygens (including phenoxy) is 2. The maximum Gasteiger partial charge on any atom is 0.412 e. The fourth-order valence-electron chi connectivity index (χ4n) is 7.06. The van der Waals surface area contributed by atoms with Crippen LogP contribution in [0.2, 0.25) is 0 Å². The maximum atomic E-state index is 13.8. The van der Waals surface area contributed by atoms with Crippen LogP contribution in [-0.2, 0) is 18.3 Å². The number of nitrogens with two attached hydrogens (primary N) is 1. The largest absolute Gasteiger partial charge is 0.494 e. The minimum atomic E-state index is -2.62. The number of benzene rings is 1. The summed E-state index contributed by atoms with van der Waals surface area (Å²) in [5.74, 6) is 1.40. The standard InChI is InChI=1S/C34H36N8O4/c1-40-30-24(12-22(14-27(30)45-2)33(43)42-17-21-7-10-25(42)29(21)35)38-32(40)26-13-19-6-9-23(37-31(19)41(26)16-18-4-5-18)20-8-11-28(36-15-20)39-34(44)46-3/h6,8-9,11-15,18,21,25,29H,4-5,7,10,16-17,35H2,1-3H3,(H,36,39,44)/t21?,25?,29-/m1/s1/i1D3. The third-order valence-electron chi connectivity index (χ3n) is 9.68. The van der Waals surface area contributed by atoms with E-state index in [-0.39, 0.29) is 35.1 Å².